The highest BCUT2D eigenvalue weighted by atomic mass is 16.5. The van der Waals surface area contributed by atoms with Gasteiger partial charge in [0.15, 0.2) is 0 Å². The maximum absolute atomic E-state index is 12.6. The highest BCUT2D eigenvalue weighted by Gasteiger charge is 2.23. The summed E-state index contributed by atoms with van der Waals surface area (Å²) in [5, 5.41) is 2.99. The van der Waals surface area contributed by atoms with E-state index in [2.05, 4.69) is 17.2 Å². The average Bonchev–Trinajstić information content (AvgIpc) is 3.20. The van der Waals surface area contributed by atoms with Gasteiger partial charge in [0.1, 0.15) is 29.1 Å². The van der Waals surface area contributed by atoms with Crippen molar-refractivity contribution in [2.75, 3.05) is 7.11 Å². The smallest absolute Gasteiger partial charge is 0.269 e. The molecule has 6 heteroatoms. The minimum Gasteiger partial charge on any atom is -0.496 e. The summed E-state index contributed by atoms with van der Waals surface area (Å²) in [7, 11) is 1.65. The molecule has 2 aliphatic heterocycles. The van der Waals surface area contributed by atoms with E-state index in [-0.39, 0.29) is 12.0 Å². The quantitative estimate of drug-likeness (QED) is 0.928. The molecule has 1 aromatic heterocycles. The molecule has 1 aromatic carbocycles. The predicted molar refractivity (Wildman–Crippen MR) is 93.1 cm³/mol. The number of carbonyl (C=O) groups excluding carboxylic acids is 1. The third kappa shape index (κ3) is 2.97. The first kappa shape index (κ1) is 16.0. The van der Waals surface area contributed by atoms with E-state index < -0.39 is 0 Å². The van der Waals surface area contributed by atoms with Crippen molar-refractivity contribution in [3.05, 3.63) is 41.0 Å². The number of rotatable bonds is 4. The van der Waals surface area contributed by atoms with E-state index in [1.165, 1.54) is 0 Å². The van der Waals surface area contributed by atoms with Crippen LogP contribution in [0.25, 0.3) is 0 Å². The molecule has 1 amide bonds. The number of amides is 1. The Labute approximate surface area is 147 Å². The third-order valence-corrected chi connectivity index (χ3v) is 4.94. The second kappa shape index (κ2) is 6.43. The standard InChI is InChI=1S/C19H23N3O3/c1-12-7-13-8-16(24-2)14(9-17(13)25-12)10-21-19(23)15-11-20-18-5-3-4-6-22(15)18/h8-9,11-12H,3-7,10H2,1-2H3,(H,21,23)/t12-/m1/s1. The zero-order valence-corrected chi connectivity index (χ0v) is 14.7. The number of imidazole rings is 1. The Balaban J connectivity index is 1.51. The van der Waals surface area contributed by atoms with Crippen molar-refractivity contribution >= 4 is 5.91 Å². The van der Waals surface area contributed by atoms with E-state index in [9.17, 15) is 4.79 Å². The number of ether oxygens (including phenoxy) is 2. The molecule has 2 aliphatic rings. The molecule has 0 bridgehead atoms. The van der Waals surface area contributed by atoms with Crippen LogP contribution in [0.4, 0.5) is 0 Å². The van der Waals surface area contributed by atoms with E-state index in [1.807, 2.05) is 16.7 Å². The molecule has 132 valence electrons. The van der Waals surface area contributed by atoms with Gasteiger partial charge in [0, 0.05) is 37.1 Å². The zero-order valence-electron chi connectivity index (χ0n) is 14.7. The van der Waals surface area contributed by atoms with Crippen LogP contribution in [-0.2, 0) is 25.9 Å². The van der Waals surface area contributed by atoms with Crippen molar-refractivity contribution in [2.45, 2.75) is 51.8 Å². The fraction of sp³-hybridized carbons (Fsp3) is 0.474. The molecule has 0 spiro atoms. The maximum Gasteiger partial charge on any atom is 0.269 e. The molecule has 0 radical (unpaired) electrons. The second-order valence-electron chi connectivity index (χ2n) is 6.76. The maximum atomic E-state index is 12.6. The monoisotopic (exact) mass is 341 g/mol. The van der Waals surface area contributed by atoms with E-state index >= 15 is 0 Å². The van der Waals surface area contributed by atoms with Gasteiger partial charge in [-0.2, -0.15) is 0 Å². The molecule has 1 atom stereocenters. The molecular formula is C19H23N3O3. The van der Waals surface area contributed by atoms with Gasteiger partial charge in [-0.15, -0.1) is 0 Å². The van der Waals surface area contributed by atoms with E-state index in [1.54, 1.807) is 13.3 Å². The summed E-state index contributed by atoms with van der Waals surface area (Å²) >= 11 is 0. The number of hydrogen-bond donors (Lipinski definition) is 1. The summed E-state index contributed by atoms with van der Waals surface area (Å²) in [5.74, 6) is 2.58. The van der Waals surface area contributed by atoms with Gasteiger partial charge in [0.25, 0.3) is 5.91 Å². The summed E-state index contributed by atoms with van der Waals surface area (Å²) in [6.07, 6.45) is 5.94. The molecule has 1 N–H and O–H groups in total. The molecule has 0 aliphatic carbocycles. The molecule has 4 rings (SSSR count). The lowest BCUT2D eigenvalue weighted by atomic mass is 10.1. The highest BCUT2D eigenvalue weighted by molar-refractivity contribution is 5.92. The first-order valence-electron chi connectivity index (χ1n) is 8.84. The van der Waals surface area contributed by atoms with Crippen LogP contribution < -0.4 is 14.8 Å². The lowest BCUT2D eigenvalue weighted by Crippen LogP contribution is -2.27. The normalized spacial score (nSPS) is 18.2. The molecule has 0 unspecified atom stereocenters. The number of benzene rings is 1. The Morgan fingerprint density at radius 1 is 1.44 bits per heavy atom. The minimum absolute atomic E-state index is 0.0995. The van der Waals surface area contributed by atoms with Crippen molar-refractivity contribution in [3.63, 3.8) is 0 Å². The van der Waals surface area contributed by atoms with Crippen LogP contribution in [0.15, 0.2) is 18.3 Å². The van der Waals surface area contributed by atoms with Gasteiger partial charge in [0.05, 0.1) is 13.3 Å². The molecule has 0 fully saturated rings. The summed E-state index contributed by atoms with van der Waals surface area (Å²) in [4.78, 5) is 17.0. The molecule has 0 saturated heterocycles. The van der Waals surface area contributed by atoms with Gasteiger partial charge < -0.3 is 19.4 Å². The van der Waals surface area contributed by atoms with Crippen LogP contribution >= 0.6 is 0 Å². The third-order valence-electron chi connectivity index (χ3n) is 4.94. The van der Waals surface area contributed by atoms with Crippen molar-refractivity contribution < 1.29 is 14.3 Å². The second-order valence-corrected chi connectivity index (χ2v) is 6.76. The number of methoxy groups -OCH3 is 1. The van der Waals surface area contributed by atoms with Crippen molar-refractivity contribution in [3.8, 4) is 11.5 Å². The molecule has 6 nitrogen and oxygen atoms in total. The highest BCUT2D eigenvalue weighted by Crippen LogP contribution is 2.35. The average molecular weight is 341 g/mol. The molecular weight excluding hydrogens is 318 g/mol. The van der Waals surface area contributed by atoms with Crippen LogP contribution in [-0.4, -0.2) is 28.7 Å². The minimum atomic E-state index is -0.0995. The topological polar surface area (TPSA) is 65.4 Å². The summed E-state index contributed by atoms with van der Waals surface area (Å²) in [5.41, 5.74) is 2.71. The first-order valence-corrected chi connectivity index (χ1v) is 8.84. The Hall–Kier alpha value is -2.50. The van der Waals surface area contributed by atoms with Gasteiger partial charge in [-0.3, -0.25) is 4.79 Å². The van der Waals surface area contributed by atoms with Crippen LogP contribution in [0.3, 0.4) is 0 Å². The first-order chi connectivity index (χ1) is 12.2. The molecule has 3 heterocycles. The number of hydrogen-bond acceptors (Lipinski definition) is 4. The number of carbonyl (C=O) groups is 1. The van der Waals surface area contributed by atoms with Gasteiger partial charge in [-0.25, -0.2) is 4.98 Å². The lowest BCUT2D eigenvalue weighted by Gasteiger charge is -2.16. The molecule has 2 aromatic rings. The Morgan fingerprint density at radius 3 is 3.16 bits per heavy atom. The largest absolute Gasteiger partial charge is 0.496 e. The van der Waals surface area contributed by atoms with Crippen LogP contribution in [0.1, 0.15) is 47.2 Å². The number of aromatic nitrogens is 2. The van der Waals surface area contributed by atoms with E-state index in [0.717, 1.165) is 60.7 Å². The Bertz CT molecular complexity index is 812. The van der Waals surface area contributed by atoms with Gasteiger partial charge in [-0.1, -0.05) is 0 Å². The molecule has 0 saturated carbocycles. The number of nitrogens with zero attached hydrogens (tertiary/aromatic N) is 2. The van der Waals surface area contributed by atoms with Crippen LogP contribution in [0, 0.1) is 0 Å². The fourth-order valence-electron chi connectivity index (χ4n) is 3.67. The summed E-state index contributed by atoms with van der Waals surface area (Å²) < 4.78 is 13.3. The van der Waals surface area contributed by atoms with Crippen LogP contribution in [0.2, 0.25) is 0 Å². The summed E-state index contributed by atoms with van der Waals surface area (Å²) in [6, 6.07) is 3.99. The summed E-state index contributed by atoms with van der Waals surface area (Å²) in [6.45, 7) is 3.32. The zero-order chi connectivity index (χ0) is 17.4. The van der Waals surface area contributed by atoms with Crippen molar-refractivity contribution in [1.82, 2.24) is 14.9 Å². The number of fused-ring (bicyclic) bond motifs is 2. The van der Waals surface area contributed by atoms with Gasteiger partial charge >= 0.3 is 0 Å². The van der Waals surface area contributed by atoms with Crippen LogP contribution in [0.5, 0.6) is 11.5 Å². The Kier molecular flexibility index (Phi) is 4.11. The van der Waals surface area contributed by atoms with E-state index in [0.29, 0.717) is 12.2 Å². The van der Waals surface area contributed by atoms with Gasteiger partial charge in [0.2, 0.25) is 0 Å². The van der Waals surface area contributed by atoms with Crippen molar-refractivity contribution in [2.24, 2.45) is 0 Å². The molecule has 25 heavy (non-hydrogen) atoms. The number of aryl methyl sites for hydroxylation is 1. The Morgan fingerprint density at radius 2 is 2.32 bits per heavy atom. The fourth-order valence-corrected chi connectivity index (χ4v) is 3.67. The lowest BCUT2D eigenvalue weighted by molar-refractivity contribution is 0.0940. The van der Waals surface area contributed by atoms with Crippen molar-refractivity contribution in [1.29, 1.82) is 0 Å². The predicted octanol–water partition coefficient (Wildman–Crippen LogP) is 2.48. The SMILES string of the molecule is COc1cc2c(cc1CNC(=O)c1cnc3n1CCCC3)O[C@H](C)C2. The number of nitrogens with one attached hydrogen (secondary N) is 1. The van der Waals surface area contributed by atoms with E-state index in [4.69, 9.17) is 9.47 Å². The van der Waals surface area contributed by atoms with Gasteiger partial charge in [-0.05, 0) is 31.9 Å².